The fraction of sp³-hybridized carbons (Fsp3) is 0.500. The number of nitrogens with one attached hydrogen (secondary N) is 2. The van der Waals surface area contributed by atoms with Crippen molar-refractivity contribution in [1.29, 1.82) is 0 Å². The summed E-state index contributed by atoms with van der Waals surface area (Å²) in [6, 6.07) is 7.03. The van der Waals surface area contributed by atoms with Gasteiger partial charge in [-0.3, -0.25) is 14.3 Å². The summed E-state index contributed by atoms with van der Waals surface area (Å²) in [4.78, 5) is 30.6. The molecule has 4 atom stereocenters. The highest BCUT2D eigenvalue weighted by molar-refractivity contribution is 7.91. The Morgan fingerprint density at radius 3 is 2.75 bits per heavy atom. The first-order chi connectivity index (χ1) is 17.1. The number of aromatic nitrogens is 1. The first-order valence-corrected chi connectivity index (χ1v) is 13.6. The molecular formula is C26H31N3O6S. The van der Waals surface area contributed by atoms with Crippen LogP contribution in [0.25, 0.3) is 10.8 Å². The molecule has 2 aliphatic carbocycles. The second kappa shape index (κ2) is 8.85. The summed E-state index contributed by atoms with van der Waals surface area (Å²) in [6.45, 7) is 5.85. The SMILES string of the molecule is C=C[C@@H]1C[C@]1(CC(=O)[C@@H]1C[C@@H](Oc2nccc3cc(OC)ccc23)CN1)C(=O)NS(=O)(=O)C1(C)CC1. The summed E-state index contributed by atoms with van der Waals surface area (Å²) in [6.07, 6.45) is 4.89. The molecule has 2 aromatic rings. The van der Waals surface area contributed by atoms with Crippen molar-refractivity contribution < 1.29 is 27.5 Å². The van der Waals surface area contributed by atoms with Crippen LogP contribution in [0.2, 0.25) is 0 Å². The van der Waals surface area contributed by atoms with Crippen molar-refractivity contribution in [3.8, 4) is 11.6 Å². The molecule has 2 saturated carbocycles. The monoisotopic (exact) mass is 513 g/mol. The topological polar surface area (TPSA) is 124 Å². The number of nitrogens with zero attached hydrogens (tertiary/aromatic N) is 1. The van der Waals surface area contributed by atoms with Gasteiger partial charge in [0.15, 0.2) is 5.78 Å². The maximum absolute atomic E-state index is 13.2. The molecule has 5 rings (SSSR count). The van der Waals surface area contributed by atoms with Crippen LogP contribution in [-0.4, -0.2) is 55.6 Å². The first kappa shape index (κ1) is 24.7. The van der Waals surface area contributed by atoms with Gasteiger partial charge >= 0.3 is 0 Å². The molecule has 36 heavy (non-hydrogen) atoms. The van der Waals surface area contributed by atoms with E-state index < -0.39 is 32.1 Å². The van der Waals surface area contributed by atoms with Gasteiger partial charge in [0.1, 0.15) is 11.9 Å². The normalized spacial score (nSPS) is 28.3. The van der Waals surface area contributed by atoms with Crippen molar-refractivity contribution in [3.05, 3.63) is 43.1 Å². The Balaban J connectivity index is 1.24. The highest BCUT2D eigenvalue weighted by Gasteiger charge is 2.62. The number of pyridine rings is 1. The number of benzene rings is 1. The lowest BCUT2D eigenvalue weighted by atomic mass is 9.92. The molecule has 0 bridgehead atoms. The average Bonchev–Trinajstić information content (AvgIpc) is 3.73. The van der Waals surface area contributed by atoms with Crippen LogP contribution in [0, 0.1) is 11.3 Å². The van der Waals surface area contributed by atoms with Gasteiger partial charge in [0, 0.05) is 31.0 Å². The number of rotatable bonds is 10. The Labute approximate surface area is 210 Å². The number of sulfonamides is 1. The first-order valence-electron chi connectivity index (χ1n) is 12.2. The van der Waals surface area contributed by atoms with Gasteiger partial charge in [-0.2, -0.15) is 0 Å². The van der Waals surface area contributed by atoms with Crippen LogP contribution >= 0.6 is 0 Å². The van der Waals surface area contributed by atoms with Crippen molar-refractivity contribution in [2.45, 2.75) is 55.9 Å². The van der Waals surface area contributed by atoms with Crippen molar-refractivity contribution in [2.24, 2.45) is 11.3 Å². The maximum Gasteiger partial charge on any atom is 0.240 e. The van der Waals surface area contributed by atoms with Crippen molar-refractivity contribution in [1.82, 2.24) is 15.0 Å². The summed E-state index contributed by atoms with van der Waals surface area (Å²) in [5, 5.41) is 4.98. The highest BCUT2D eigenvalue weighted by Crippen LogP contribution is 2.57. The van der Waals surface area contributed by atoms with Gasteiger partial charge in [0.05, 0.1) is 23.3 Å². The second-order valence-electron chi connectivity index (χ2n) is 10.4. The van der Waals surface area contributed by atoms with Gasteiger partial charge < -0.3 is 14.8 Å². The zero-order valence-electron chi connectivity index (χ0n) is 20.5. The number of carbonyl (C=O) groups excluding carboxylic acids is 2. The molecule has 1 aromatic carbocycles. The number of fused-ring (bicyclic) bond motifs is 1. The molecule has 2 N–H and O–H groups in total. The lowest BCUT2D eigenvalue weighted by Crippen LogP contribution is -2.44. The Morgan fingerprint density at radius 2 is 2.08 bits per heavy atom. The van der Waals surface area contributed by atoms with Gasteiger partial charge in [0.2, 0.25) is 21.8 Å². The summed E-state index contributed by atoms with van der Waals surface area (Å²) < 4.78 is 38.0. The zero-order chi connectivity index (χ0) is 25.7. The van der Waals surface area contributed by atoms with Crippen LogP contribution in [0.4, 0.5) is 0 Å². The quantitative estimate of drug-likeness (QED) is 0.465. The van der Waals surface area contributed by atoms with Crippen LogP contribution in [0.1, 0.15) is 39.0 Å². The van der Waals surface area contributed by atoms with Crippen LogP contribution in [-0.2, 0) is 19.6 Å². The lowest BCUT2D eigenvalue weighted by Gasteiger charge is -2.20. The minimum Gasteiger partial charge on any atom is -0.497 e. The molecule has 192 valence electrons. The van der Waals surface area contributed by atoms with E-state index in [1.54, 1.807) is 26.3 Å². The third-order valence-electron chi connectivity index (χ3n) is 7.88. The van der Waals surface area contributed by atoms with Crippen LogP contribution < -0.4 is 19.5 Å². The van der Waals surface area contributed by atoms with Crippen LogP contribution in [0.3, 0.4) is 0 Å². The second-order valence-corrected chi connectivity index (χ2v) is 12.6. The molecule has 3 aliphatic rings. The fourth-order valence-electron chi connectivity index (χ4n) is 4.96. The zero-order valence-corrected chi connectivity index (χ0v) is 21.3. The molecule has 1 aromatic heterocycles. The minimum atomic E-state index is -3.78. The largest absolute Gasteiger partial charge is 0.497 e. The van der Waals surface area contributed by atoms with Crippen molar-refractivity contribution in [2.75, 3.05) is 13.7 Å². The summed E-state index contributed by atoms with van der Waals surface area (Å²) in [5.41, 5.74) is -1.06. The van der Waals surface area contributed by atoms with Gasteiger partial charge in [-0.05, 0) is 61.8 Å². The predicted molar refractivity (Wildman–Crippen MR) is 134 cm³/mol. The maximum atomic E-state index is 13.2. The molecule has 0 unspecified atom stereocenters. The van der Waals surface area contributed by atoms with E-state index in [-0.39, 0.29) is 24.2 Å². The Morgan fingerprint density at radius 1 is 1.31 bits per heavy atom. The molecule has 0 radical (unpaired) electrons. The molecule has 1 amide bonds. The van der Waals surface area contributed by atoms with E-state index in [9.17, 15) is 18.0 Å². The highest BCUT2D eigenvalue weighted by atomic mass is 32.2. The third-order valence-corrected chi connectivity index (χ3v) is 10.0. The molecule has 9 nitrogen and oxygen atoms in total. The van der Waals surface area contributed by atoms with Crippen molar-refractivity contribution in [3.63, 3.8) is 0 Å². The number of hydrogen-bond acceptors (Lipinski definition) is 8. The smallest absolute Gasteiger partial charge is 0.240 e. The number of amides is 1. The molecular weight excluding hydrogens is 482 g/mol. The number of Topliss-reactive ketones (excluding diaryl/α,β-unsaturated/α-hetero) is 1. The van der Waals surface area contributed by atoms with Gasteiger partial charge in [-0.25, -0.2) is 13.4 Å². The number of allylic oxidation sites excluding steroid dienone is 1. The lowest BCUT2D eigenvalue weighted by molar-refractivity contribution is -0.130. The Kier molecular flexibility index (Phi) is 6.07. The van der Waals surface area contributed by atoms with E-state index in [1.807, 2.05) is 24.3 Å². The molecule has 10 heteroatoms. The molecule has 1 aliphatic heterocycles. The molecule has 2 heterocycles. The van der Waals surface area contributed by atoms with E-state index in [2.05, 4.69) is 21.6 Å². The van der Waals surface area contributed by atoms with Crippen LogP contribution in [0.15, 0.2) is 43.1 Å². The number of ether oxygens (including phenoxy) is 2. The number of carbonyl (C=O) groups is 2. The Hall–Kier alpha value is -2.98. The fourth-order valence-corrected chi connectivity index (χ4v) is 6.29. The van der Waals surface area contributed by atoms with E-state index >= 15 is 0 Å². The van der Waals surface area contributed by atoms with Gasteiger partial charge in [-0.15, -0.1) is 6.58 Å². The average molecular weight is 514 g/mol. The van der Waals surface area contributed by atoms with E-state index in [0.29, 0.717) is 38.1 Å². The van der Waals surface area contributed by atoms with Crippen LogP contribution in [0.5, 0.6) is 11.6 Å². The standard InChI is InChI=1S/C26H31N3O6S/c1-4-17-13-26(17,24(31)29-36(32,33)25(2)8-9-25)14-22(30)21-12-19(15-28-21)35-23-20-6-5-18(34-3)11-16(20)7-10-27-23/h4-7,10-11,17,19,21,28H,1,8-9,12-15H2,2-3H3,(H,29,31)/t17-,19-,21+,26-/m1/s1. The molecule has 3 fully saturated rings. The molecule has 1 saturated heterocycles. The summed E-state index contributed by atoms with van der Waals surface area (Å²) >= 11 is 0. The molecule has 0 spiro atoms. The minimum absolute atomic E-state index is 0.0432. The van der Waals surface area contributed by atoms with Gasteiger partial charge in [0.25, 0.3) is 0 Å². The number of hydrogen-bond donors (Lipinski definition) is 2. The third kappa shape index (κ3) is 4.37. The number of ketones is 1. The summed E-state index contributed by atoms with van der Waals surface area (Å²) in [7, 11) is -2.17. The predicted octanol–water partition coefficient (Wildman–Crippen LogP) is 2.50. The van der Waals surface area contributed by atoms with E-state index in [1.165, 1.54) is 0 Å². The summed E-state index contributed by atoms with van der Waals surface area (Å²) in [5.74, 6) is 0.261. The van der Waals surface area contributed by atoms with Crippen molar-refractivity contribution >= 4 is 32.5 Å². The number of methoxy groups -OCH3 is 1. The van der Waals surface area contributed by atoms with E-state index in [0.717, 1.165) is 16.5 Å². The van der Waals surface area contributed by atoms with E-state index in [4.69, 9.17) is 9.47 Å². The Bertz CT molecular complexity index is 1340. The van der Waals surface area contributed by atoms with Gasteiger partial charge in [-0.1, -0.05) is 6.08 Å².